The highest BCUT2D eigenvalue weighted by atomic mass is 16.5. The van der Waals surface area contributed by atoms with Crippen molar-refractivity contribution in [3.63, 3.8) is 0 Å². The molecule has 0 heterocycles. The summed E-state index contributed by atoms with van der Waals surface area (Å²) in [4.78, 5) is 12.3. The smallest absolute Gasteiger partial charge is 0.258 e. The molecule has 1 N–H and O–H groups in total. The minimum atomic E-state index is 0.0457. The lowest BCUT2D eigenvalue weighted by Crippen LogP contribution is -2.56. The second kappa shape index (κ2) is 6.18. The fourth-order valence-corrected chi connectivity index (χ4v) is 5.39. The Balaban J connectivity index is 1.32. The van der Waals surface area contributed by atoms with E-state index in [9.17, 15) is 4.79 Å². The lowest BCUT2D eigenvalue weighted by atomic mass is 9.54. The summed E-state index contributed by atoms with van der Waals surface area (Å²) >= 11 is 0. The van der Waals surface area contributed by atoms with E-state index < -0.39 is 0 Å². The molecular formula is C20H27NO2. The average Bonchev–Trinajstić information content (AvgIpc) is 2.56. The SMILES string of the molecule is CCc1cccc(OCC(=O)NC2C3CC4CC(C3)CC2C4)c1. The molecule has 0 atom stereocenters. The third kappa shape index (κ3) is 3.11. The molecule has 1 aromatic carbocycles. The molecule has 4 aliphatic rings. The number of carbonyl (C=O) groups is 1. The van der Waals surface area contributed by atoms with Gasteiger partial charge >= 0.3 is 0 Å². The first-order valence-corrected chi connectivity index (χ1v) is 9.22. The van der Waals surface area contributed by atoms with Crippen LogP contribution in [0.4, 0.5) is 0 Å². The molecule has 0 saturated heterocycles. The number of rotatable bonds is 5. The number of benzene rings is 1. The summed E-state index contributed by atoms with van der Waals surface area (Å²) in [5, 5.41) is 3.30. The molecule has 1 aromatic rings. The van der Waals surface area contributed by atoms with Crippen LogP contribution in [-0.2, 0) is 11.2 Å². The van der Waals surface area contributed by atoms with E-state index in [2.05, 4.69) is 18.3 Å². The third-order valence-corrected chi connectivity index (χ3v) is 6.23. The molecule has 3 heteroatoms. The second-order valence-corrected chi connectivity index (χ2v) is 7.81. The number of hydrogen-bond donors (Lipinski definition) is 1. The summed E-state index contributed by atoms with van der Waals surface area (Å²) < 4.78 is 5.69. The summed E-state index contributed by atoms with van der Waals surface area (Å²) in [7, 11) is 0. The molecule has 124 valence electrons. The monoisotopic (exact) mass is 313 g/mol. The van der Waals surface area contributed by atoms with Crippen LogP contribution in [0, 0.1) is 23.7 Å². The van der Waals surface area contributed by atoms with E-state index in [1.807, 2.05) is 18.2 Å². The maximum atomic E-state index is 12.3. The van der Waals surface area contributed by atoms with Crippen LogP contribution in [0.3, 0.4) is 0 Å². The highest BCUT2D eigenvalue weighted by Gasteiger charge is 2.48. The first kappa shape index (κ1) is 15.0. The lowest BCUT2D eigenvalue weighted by molar-refractivity contribution is -0.127. The van der Waals surface area contributed by atoms with Crippen molar-refractivity contribution in [1.29, 1.82) is 0 Å². The van der Waals surface area contributed by atoms with Crippen molar-refractivity contribution in [2.75, 3.05) is 6.61 Å². The molecule has 4 saturated carbocycles. The zero-order valence-corrected chi connectivity index (χ0v) is 14.0. The molecule has 0 aliphatic heterocycles. The van der Waals surface area contributed by atoms with Gasteiger partial charge in [-0.1, -0.05) is 19.1 Å². The zero-order chi connectivity index (χ0) is 15.8. The van der Waals surface area contributed by atoms with Gasteiger partial charge in [-0.05, 0) is 79.9 Å². The van der Waals surface area contributed by atoms with Crippen molar-refractivity contribution < 1.29 is 9.53 Å². The van der Waals surface area contributed by atoms with Crippen molar-refractivity contribution >= 4 is 5.91 Å². The fraction of sp³-hybridized carbons (Fsp3) is 0.650. The van der Waals surface area contributed by atoms with Gasteiger partial charge in [0.1, 0.15) is 5.75 Å². The maximum absolute atomic E-state index is 12.3. The van der Waals surface area contributed by atoms with E-state index in [0.717, 1.165) is 35.8 Å². The van der Waals surface area contributed by atoms with Gasteiger partial charge in [-0.25, -0.2) is 0 Å². The number of carbonyl (C=O) groups excluding carboxylic acids is 1. The first-order valence-electron chi connectivity index (χ1n) is 9.22. The van der Waals surface area contributed by atoms with Crippen molar-refractivity contribution in [3.05, 3.63) is 29.8 Å². The highest BCUT2D eigenvalue weighted by Crippen LogP contribution is 2.53. The van der Waals surface area contributed by atoms with Crippen LogP contribution in [0.5, 0.6) is 5.75 Å². The van der Waals surface area contributed by atoms with Crippen LogP contribution in [0.25, 0.3) is 0 Å². The van der Waals surface area contributed by atoms with Gasteiger partial charge in [0.25, 0.3) is 5.91 Å². The quantitative estimate of drug-likeness (QED) is 0.902. The molecule has 4 aliphatic carbocycles. The predicted molar refractivity (Wildman–Crippen MR) is 90.3 cm³/mol. The predicted octanol–water partition coefficient (Wildman–Crippen LogP) is 3.57. The Kier molecular flexibility index (Phi) is 4.04. The number of nitrogens with one attached hydrogen (secondary N) is 1. The van der Waals surface area contributed by atoms with Gasteiger partial charge < -0.3 is 10.1 Å². The minimum absolute atomic E-state index is 0.0457. The van der Waals surface area contributed by atoms with Gasteiger partial charge in [0.2, 0.25) is 0 Å². The normalized spacial score (nSPS) is 34.4. The molecule has 0 radical (unpaired) electrons. The molecule has 1 amide bonds. The molecule has 4 fully saturated rings. The Morgan fingerprint density at radius 3 is 2.48 bits per heavy atom. The van der Waals surface area contributed by atoms with E-state index >= 15 is 0 Å². The highest BCUT2D eigenvalue weighted by molar-refractivity contribution is 5.78. The van der Waals surface area contributed by atoms with E-state index in [-0.39, 0.29) is 12.5 Å². The Morgan fingerprint density at radius 1 is 1.13 bits per heavy atom. The van der Waals surface area contributed by atoms with Gasteiger partial charge in [-0.3, -0.25) is 4.79 Å². The van der Waals surface area contributed by atoms with Crippen LogP contribution >= 0.6 is 0 Å². The molecule has 0 aromatic heterocycles. The number of ether oxygens (including phenoxy) is 1. The third-order valence-electron chi connectivity index (χ3n) is 6.23. The van der Waals surface area contributed by atoms with Gasteiger partial charge in [0.15, 0.2) is 6.61 Å². The lowest BCUT2D eigenvalue weighted by Gasteiger charge is -2.54. The molecule has 4 bridgehead atoms. The van der Waals surface area contributed by atoms with Gasteiger partial charge in [-0.15, -0.1) is 0 Å². The number of hydrogen-bond acceptors (Lipinski definition) is 2. The first-order chi connectivity index (χ1) is 11.2. The molecule has 3 nitrogen and oxygen atoms in total. The van der Waals surface area contributed by atoms with Crippen molar-refractivity contribution in [1.82, 2.24) is 5.32 Å². The van der Waals surface area contributed by atoms with Crippen LogP contribution < -0.4 is 10.1 Å². The average molecular weight is 313 g/mol. The standard InChI is InChI=1S/C20H27NO2/c1-2-13-4-3-5-18(11-13)23-12-19(22)21-20-16-7-14-6-15(9-16)10-17(20)8-14/h3-5,11,14-17,20H,2,6-10,12H2,1H3,(H,21,22). The van der Waals surface area contributed by atoms with Crippen LogP contribution in [-0.4, -0.2) is 18.6 Å². The van der Waals surface area contributed by atoms with Crippen LogP contribution in [0.2, 0.25) is 0 Å². The summed E-state index contributed by atoms with van der Waals surface area (Å²) in [5.74, 6) is 4.17. The molecule has 0 unspecified atom stereocenters. The summed E-state index contributed by atoms with van der Waals surface area (Å²) in [6.45, 7) is 2.26. The largest absolute Gasteiger partial charge is 0.484 e. The van der Waals surface area contributed by atoms with E-state index in [4.69, 9.17) is 4.74 Å². The Labute approximate surface area is 138 Å². The molecule has 0 spiro atoms. The molecule has 5 rings (SSSR count). The number of amides is 1. The second-order valence-electron chi connectivity index (χ2n) is 7.81. The van der Waals surface area contributed by atoms with E-state index in [1.54, 1.807) is 0 Å². The Hall–Kier alpha value is -1.51. The fourth-order valence-electron chi connectivity index (χ4n) is 5.39. The summed E-state index contributed by atoms with van der Waals surface area (Å²) in [6.07, 6.45) is 7.76. The van der Waals surface area contributed by atoms with Gasteiger partial charge in [-0.2, -0.15) is 0 Å². The van der Waals surface area contributed by atoms with Crippen LogP contribution in [0.15, 0.2) is 24.3 Å². The van der Waals surface area contributed by atoms with E-state index in [1.165, 1.54) is 37.7 Å². The Bertz CT molecular complexity index is 555. The molecule has 23 heavy (non-hydrogen) atoms. The zero-order valence-electron chi connectivity index (χ0n) is 14.0. The topological polar surface area (TPSA) is 38.3 Å². The van der Waals surface area contributed by atoms with Gasteiger partial charge in [0.05, 0.1) is 0 Å². The van der Waals surface area contributed by atoms with Crippen molar-refractivity contribution in [2.24, 2.45) is 23.7 Å². The number of aryl methyl sites for hydroxylation is 1. The summed E-state index contributed by atoms with van der Waals surface area (Å²) in [6, 6.07) is 8.43. The Morgan fingerprint density at radius 2 is 1.83 bits per heavy atom. The van der Waals surface area contributed by atoms with E-state index in [0.29, 0.717) is 6.04 Å². The summed E-state index contributed by atoms with van der Waals surface area (Å²) in [5.41, 5.74) is 1.24. The maximum Gasteiger partial charge on any atom is 0.258 e. The van der Waals surface area contributed by atoms with Crippen LogP contribution in [0.1, 0.15) is 44.6 Å². The van der Waals surface area contributed by atoms with Crippen molar-refractivity contribution in [3.8, 4) is 5.75 Å². The minimum Gasteiger partial charge on any atom is -0.484 e. The van der Waals surface area contributed by atoms with Crippen molar-refractivity contribution in [2.45, 2.75) is 51.5 Å². The van der Waals surface area contributed by atoms with Gasteiger partial charge in [0, 0.05) is 6.04 Å². The molecular weight excluding hydrogens is 286 g/mol.